The van der Waals surface area contributed by atoms with Crippen LogP contribution in [0.3, 0.4) is 0 Å². The van der Waals surface area contributed by atoms with Gasteiger partial charge in [0.25, 0.3) is 0 Å². The van der Waals surface area contributed by atoms with Gasteiger partial charge < -0.3 is 0 Å². The molecule has 0 unspecified atom stereocenters. The van der Waals surface area contributed by atoms with Gasteiger partial charge in [-0.3, -0.25) is 4.79 Å². The first-order chi connectivity index (χ1) is 8.50. The molecule has 98 valence electrons. The van der Waals surface area contributed by atoms with E-state index >= 15 is 0 Å². The molecule has 1 aromatic rings. The lowest BCUT2D eigenvalue weighted by molar-refractivity contribution is 0.112. The molecule has 0 atom stereocenters. The van der Waals surface area contributed by atoms with Crippen LogP contribution in [0.15, 0.2) is 12.4 Å². The molecule has 0 N–H and O–H groups in total. The van der Waals surface area contributed by atoms with E-state index in [2.05, 4.69) is 30.7 Å². The van der Waals surface area contributed by atoms with Crippen LogP contribution in [0.5, 0.6) is 0 Å². The highest BCUT2D eigenvalue weighted by atomic mass is 16.1. The molecule has 1 aliphatic carbocycles. The summed E-state index contributed by atoms with van der Waals surface area (Å²) in [5, 5.41) is 0. The van der Waals surface area contributed by atoms with E-state index in [9.17, 15) is 4.79 Å². The summed E-state index contributed by atoms with van der Waals surface area (Å²) in [5.74, 6) is 2.19. The Labute approximate surface area is 109 Å². The molecule has 18 heavy (non-hydrogen) atoms. The van der Waals surface area contributed by atoms with Crippen molar-refractivity contribution in [2.24, 2.45) is 11.3 Å². The van der Waals surface area contributed by atoms with Gasteiger partial charge in [0, 0.05) is 18.3 Å². The Morgan fingerprint density at radius 2 is 1.67 bits per heavy atom. The Kier molecular flexibility index (Phi) is 3.79. The summed E-state index contributed by atoms with van der Waals surface area (Å²) in [6.07, 6.45) is 8.90. The largest absolute Gasteiger partial charge is 0.298 e. The number of carbonyl (C=O) groups excluding carboxylic acids is 1. The third kappa shape index (κ3) is 2.95. The molecule has 1 fully saturated rings. The van der Waals surface area contributed by atoms with Crippen molar-refractivity contribution in [3.63, 3.8) is 0 Å². The molecule has 0 aliphatic heterocycles. The summed E-state index contributed by atoms with van der Waals surface area (Å²) in [6.45, 7) is 6.98. The van der Waals surface area contributed by atoms with E-state index in [1.807, 2.05) is 0 Å². The van der Waals surface area contributed by atoms with Crippen LogP contribution in [0.4, 0.5) is 0 Å². The lowest BCUT2D eigenvalue weighted by Crippen LogP contribution is -2.25. The summed E-state index contributed by atoms with van der Waals surface area (Å²) in [5.41, 5.74) is 0.967. The van der Waals surface area contributed by atoms with Crippen LogP contribution in [-0.4, -0.2) is 16.3 Å². The maximum Gasteiger partial charge on any atom is 0.153 e. The first-order valence-corrected chi connectivity index (χ1v) is 6.78. The van der Waals surface area contributed by atoms with Crippen LogP contribution in [0.2, 0.25) is 0 Å². The normalized spacial score (nSPS) is 24.8. The van der Waals surface area contributed by atoms with Crippen LogP contribution in [0.1, 0.15) is 68.6 Å². The van der Waals surface area contributed by atoms with E-state index in [0.29, 0.717) is 16.9 Å². The topological polar surface area (TPSA) is 42.9 Å². The van der Waals surface area contributed by atoms with Gasteiger partial charge in [0.2, 0.25) is 0 Å². The molecule has 0 saturated heterocycles. The van der Waals surface area contributed by atoms with E-state index in [4.69, 9.17) is 0 Å². The molecule has 0 aromatic carbocycles. The minimum Gasteiger partial charge on any atom is -0.298 e. The second-order valence-electron chi connectivity index (χ2n) is 6.41. The van der Waals surface area contributed by atoms with Crippen LogP contribution < -0.4 is 0 Å². The summed E-state index contributed by atoms with van der Waals surface area (Å²) in [6, 6.07) is 0. The quantitative estimate of drug-likeness (QED) is 0.749. The van der Waals surface area contributed by atoms with E-state index in [-0.39, 0.29) is 0 Å². The summed E-state index contributed by atoms with van der Waals surface area (Å²) < 4.78 is 0. The first kappa shape index (κ1) is 13.2. The van der Waals surface area contributed by atoms with E-state index in [1.54, 1.807) is 12.4 Å². The van der Waals surface area contributed by atoms with Gasteiger partial charge in [-0.05, 0) is 37.0 Å². The average molecular weight is 246 g/mol. The SMILES string of the molecule is CC(C)(C)C1CCC(c2ncc(C=O)cn2)CC1. The molecule has 3 heteroatoms. The van der Waals surface area contributed by atoms with Crippen LogP contribution in [0.25, 0.3) is 0 Å². The number of aldehydes is 1. The van der Waals surface area contributed by atoms with Gasteiger partial charge in [0.15, 0.2) is 6.29 Å². The second kappa shape index (κ2) is 5.17. The number of rotatable bonds is 2. The Morgan fingerprint density at radius 3 is 2.11 bits per heavy atom. The average Bonchev–Trinajstić information content (AvgIpc) is 2.38. The van der Waals surface area contributed by atoms with Crippen molar-refractivity contribution >= 4 is 6.29 Å². The van der Waals surface area contributed by atoms with Crippen molar-refractivity contribution in [1.82, 2.24) is 9.97 Å². The van der Waals surface area contributed by atoms with Crippen LogP contribution in [-0.2, 0) is 0 Å². The van der Waals surface area contributed by atoms with Crippen LogP contribution in [0, 0.1) is 11.3 Å². The van der Waals surface area contributed by atoms with E-state index in [0.717, 1.165) is 18.0 Å². The minimum absolute atomic E-state index is 0.410. The Balaban J connectivity index is 1.98. The maximum absolute atomic E-state index is 10.6. The predicted molar refractivity (Wildman–Crippen MR) is 71.6 cm³/mol. The van der Waals surface area contributed by atoms with Crippen LogP contribution >= 0.6 is 0 Å². The van der Waals surface area contributed by atoms with Gasteiger partial charge >= 0.3 is 0 Å². The van der Waals surface area contributed by atoms with Crippen molar-refractivity contribution in [2.75, 3.05) is 0 Å². The standard InChI is InChI=1S/C15H22N2O/c1-15(2,3)13-6-4-12(5-7-13)14-16-8-11(10-18)9-17-14/h8-10,12-13H,4-7H2,1-3H3. The van der Waals surface area contributed by atoms with Gasteiger partial charge in [0.05, 0.1) is 5.56 Å². The fourth-order valence-corrected chi connectivity index (χ4v) is 2.84. The lowest BCUT2D eigenvalue weighted by Gasteiger charge is -2.36. The van der Waals surface area contributed by atoms with Crippen molar-refractivity contribution in [1.29, 1.82) is 0 Å². The second-order valence-corrected chi connectivity index (χ2v) is 6.41. The lowest BCUT2D eigenvalue weighted by atomic mass is 9.70. The monoisotopic (exact) mass is 246 g/mol. The molecule has 0 spiro atoms. The molecule has 1 heterocycles. The van der Waals surface area contributed by atoms with Crippen molar-refractivity contribution < 1.29 is 4.79 Å². The van der Waals surface area contributed by atoms with E-state index < -0.39 is 0 Å². The smallest absolute Gasteiger partial charge is 0.153 e. The minimum atomic E-state index is 0.410. The molecule has 3 nitrogen and oxygen atoms in total. The molecular formula is C15H22N2O. The number of hydrogen-bond acceptors (Lipinski definition) is 3. The Morgan fingerprint density at radius 1 is 1.11 bits per heavy atom. The molecule has 2 rings (SSSR count). The van der Waals surface area contributed by atoms with Crippen molar-refractivity contribution in [2.45, 2.75) is 52.4 Å². The van der Waals surface area contributed by atoms with Gasteiger partial charge in [-0.2, -0.15) is 0 Å². The molecule has 1 aliphatic rings. The first-order valence-electron chi connectivity index (χ1n) is 6.78. The highest BCUT2D eigenvalue weighted by Crippen LogP contribution is 2.42. The Bertz CT molecular complexity index is 397. The molecule has 0 amide bonds. The summed E-state index contributed by atoms with van der Waals surface area (Å²) >= 11 is 0. The molecule has 1 saturated carbocycles. The van der Waals surface area contributed by atoms with Crippen molar-refractivity contribution in [3.05, 3.63) is 23.8 Å². The summed E-state index contributed by atoms with van der Waals surface area (Å²) in [4.78, 5) is 19.2. The van der Waals surface area contributed by atoms with E-state index in [1.165, 1.54) is 25.7 Å². The van der Waals surface area contributed by atoms with Gasteiger partial charge in [-0.15, -0.1) is 0 Å². The predicted octanol–water partition coefficient (Wildman–Crippen LogP) is 3.61. The zero-order chi connectivity index (χ0) is 13.2. The fraction of sp³-hybridized carbons (Fsp3) is 0.667. The summed E-state index contributed by atoms with van der Waals surface area (Å²) in [7, 11) is 0. The molecule has 1 aromatic heterocycles. The number of nitrogens with zero attached hydrogens (tertiary/aromatic N) is 2. The molecule has 0 radical (unpaired) electrons. The van der Waals surface area contributed by atoms with Gasteiger partial charge in [-0.25, -0.2) is 9.97 Å². The Hall–Kier alpha value is -1.25. The molecular weight excluding hydrogens is 224 g/mol. The number of carbonyl (C=O) groups is 1. The fourth-order valence-electron chi connectivity index (χ4n) is 2.84. The third-order valence-corrected chi connectivity index (χ3v) is 4.14. The van der Waals surface area contributed by atoms with Crippen molar-refractivity contribution in [3.8, 4) is 0 Å². The maximum atomic E-state index is 10.6. The highest BCUT2D eigenvalue weighted by molar-refractivity contribution is 5.73. The third-order valence-electron chi connectivity index (χ3n) is 4.14. The molecule has 0 bridgehead atoms. The van der Waals surface area contributed by atoms with Gasteiger partial charge in [0.1, 0.15) is 5.82 Å². The number of hydrogen-bond donors (Lipinski definition) is 0. The van der Waals surface area contributed by atoms with Gasteiger partial charge in [-0.1, -0.05) is 20.8 Å². The zero-order valence-corrected chi connectivity index (χ0v) is 11.5. The number of aromatic nitrogens is 2. The highest BCUT2D eigenvalue weighted by Gasteiger charge is 2.30. The zero-order valence-electron chi connectivity index (χ0n) is 11.5.